The molecule has 0 heteroatoms. The van der Waals surface area contributed by atoms with E-state index in [9.17, 15) is 0 Å². The van der Waals surface area contributed by atoms with Crippen molar-refractivity contribution in [3.63, 3.8) is 0 Å². The summed E-state index contributed by atoms with van der Waals surface area (Å²) in [5.41, 5.74) is 1.32. The molecular weight excluding hydrogens is 204 g/mol. The van der Waals surface area contributed by atoms with Crippen LogP contribution in [0.3, 0.4) is 0 Å². The second kappa shape index (κ2) is 9.89. The molecule has 0 atom stereocenters. The normalized spacial score (nSPS) is 8.76. The van der Waals surface area contributed by atoms with Gasteiger partial charge in [0.05, 0.1) is 0 Å². The number of hydrogen-bond donors (Lipinski definition) is 0. The SMILES string of the molecule is CCC.CCC.Cc1ccc2ccccc2c1. The largest absolute Gasteiger partial charge is 0.0656 e. The van der Waals surface area contributed by atoms with Crippen molar-refractivity contribution < 1.29 is 0 Å². The minimum absolute atomic E-state index is 1.25. The van der Waals surface area contributed by atoms with Crippen LogP contribution in [0.4, 0.5) is 0 Å². The Morgan fingerprint density at radius 2 is 1.18 bits per heavy atom. The topological polar surface area (TPSA) is 0 Å². The third-order valence-electron chi connectivity index (χ3n) is 1.90. The Morgan fingerprint density at radius 1 is 0.706 bits per heavy atom. The molecular formula is C17H26. The van der Waals surface area contributed by atoms with Crippen LogP contribution in [0.25, 0.3) is 10.8 Å². The maximum absolute atomic E-state index is 2.20. The van der Waals surface area contributed by atoms with Crippen molar-refractivity contribution in [1.29, 1.82) is 0 Å². The second-order valence-corrected chi connectivity index (χ2v) is 4.26. The number of hydrogen-bond acceptors (Lipinski definition) is 0. The van der Waals surface area contributed by atoms with Crippen LogP contribution in [0.5, 0.6) is 0 Å². The van der Waals surface area contributed by atoms with E-state index in [4.69, 9.17) is 0 Å². The van der Waals surface area contributed by atoms with Gasteiger partial charge in [0.25, 0.3) is 0 Å². The van der Waals surface area contributed by atoms with Gasteiger partial charge in [-0.15, -0.1) is 0 Å². The quantitative estimate of drug-likeness (QED) is 0.522. The predicted molar refractivity (Wildman–Crippen MR) is 80.6 cm³/mol. The molecule has 94 valence electrons. The lowest BCUT2D eigenvalue weighted by molar-refractivity contribution is 1.09. The van der Waals surface area contributed by atoms with Crippen LogP contribution in [0.15, 0.2) is 42.5 Å². The summed E-state index contributed by atoms with van der Waals surface area (Å²) in [7, 11) is 0. The first-order valence-electron chi connectivity index (χ1n) is 6.64. The Kier molecular flexibility index (Phi) is 9.14. The Bertz CT molecular complexity index is 399. The van der Waals surface area contributed by atoms with E-state index in [1.54, 1.807) is 0 Å². The van der Waals surface area contributed by atoms with Gasteiger partial charge in [-0.1, -0.05) is 88.6 Å². The third kappa shape index (κ3) is 6.78. The highest BCUT2D eigenvalue weighted by Gasteiger charge is 1.89. The molecule has 2 rings (SSSR count). The molecule has 0 heterocycles. The van der Waals surface area contributed by atoms with Gasteiger partial charge in [-0.05, 0) is 17.7 Å². The van der Waals surface area contributed by atoms with Crippen LogP contribution in [0.2, 0.25) is 0 Å². The van der Waals surface area contributed by atoms with E-state index >= 15 is 0 Å². The molecule has 0 bridgehead atoms. The zero-order valence-electron chi connectivity index (χ0n) is 12.0. The van der Waals surface area contributed by atoms with E-state index in [2.05, 4.69) is 77.1 Å². The Hall–Kier alpha value is -1.30. The van der Waals surface area contributed by atoms with Crippen molar-refractivity contribution in [2.75, 3.05) is 0 Å². The monoisotopic (exact) mass is 230 g/mol. The van der Waals surface area contributed by atoms with Crippen LogP contribution >= 0.6 is 0 Å². The van der Waals surface area contributed by atoms with E-state index in [0.29, 0.717) is 0 Å². The van der Waals surface area contributed by atoms with Crippen LogP contribution < -0.4 is 0 Å². The van der Waals surface area contributed by atoms with Gasteiger partial charge in [-0.2, -0.15) is 0 Å². The molecule has 0 nitrogen and oxygen atoms in total. The van der Waals surface area contributed by atoms with Crippen LogP contribution in [-0.4, -0.2) is 0 Å². The number of aryl methyl sites for hydroxylation is 1. The fourth-order valence-electron chi connectivity index (χ4n) is 1.31. The molecule has 0 spiro atoms. The summed E-state index contributed by atoms with van der Waals surface area (Å²) in [6, 6.07) is 14.9. The maximum Gasteiger partial charge on any atom is -0.0181 e. The fourth-order valence-corrected chi connectivity index (χ4v) is 1.31. The van der Waals surface area contributed by atoms with Crippen molar-refractivity contribution in [3.8, 4) is 0 Å². The standard InChI is InChI=1S/C11H10.2C3H8/c1-9-6-7-10-4-2-3-5-11(10)8-9;2*1-3-2/h2-8H,1H3;2*3H2,1-2H3. The van der Waals surface area contributed by atoms with E-state index in [1.807, 2.05) is 0 Å². The van der Waals surface area contributed by atoms with Crippen LogP contribution in [0, 0.1) is 6.92 Å². The van der Waals surface area contributed by atoms with Gasteiger partial charge in [0.1, 0.15) is 0 Å². The summed E-state index contributed by atoms with van der Waals surface area (Å²) >= 11 is 0. The molecule has 0 radical (unpaired) electrons. The van der Waals surface area contributed by atoms with E-state index < -0.39 is 0 Å². The van der Waals surface area contributed by atoms with Gasteiger partial charge < -0.3 is 0 Å². The molecule has 2 aromatic carbocycles. The van der Waals surface area contributed by atoms with E-state index in [0.717, 1.165) is 0 Å². The van der Waals surface area contributed by atoms with Gasteiger partial charge in [0.2, 0.25) is 0 Å². The summed E-state index contributed by atoms with van der Waals surface area (Å²) in [6.45, 7) is 10.6. The van der Waals surface area contributed by atoms with Crippen molar-refractivity contribution in [1.82, 2.24) is 0 Å². The zero-order valence-corrected chi connectivity index (χ0v) is 12.0. The highest BCUT2D eigenvalue weighted by Crippen LogP contribution is 2.14. The van der Waals surface area contributed by atoms with Crippen molar-refractivity contribution >= 4 is 10.8 Å². The lowest BCUT2D eigenvalue weighted by Gasteiger charge is -1.96. The van der Waals surface area contributed by atoms with E-state index in [1.165, 1.54) is 29.2 Å². The minimum atomic E-state index is 1.25. The molecule has 0 saturated heterocycles. The summed E-state index contributed by atoms with van der Waals surface area (Å²) < 4.78 is 0. The lowest BCUT2D eigenvalue weighted by atomic mass is 10.1. The molecule has 0 fully saturated rings. The maximum atomic E-state index is 2.20. The van der Waals surface area contributed by atoms with Crippen LogP contribution in [0.1, 0.15) is 46.1 Å². The second-order valence-electron chi connectivity index (χ2n) is 4.26. The molecule has 2 aromatic rings. The Morgan fingerprint density at radius 3 is 1.71 bits per heavy atom. The molecule has 0 N–H and O–H groups in total. The van der Waals surface area contributed by atoms with Crippen molar-refractivity contribution in [2.45, 2.75) is 47.5 Å². The minimum Gasteiger partial charge on any atom is -0.0656 e. The first kappa shape index (κ1) is 15.7. The fraction of sp³-hybridized carbons (Fsp3) is 0.412. The summed E-state index contributed by atoms with van der Waals surface area (Å²) in [5.74, 6) is 0. The Labute approximate surface area is 107 Å². The third-order valence-corrected chi connectivity index (χ3v) is 1.90. The van der Waals surface area contributed by atoms with Crippen LogP contribution in [-0.2, 0) is 0 Å². The van der Waals surface area contributed by atoms with E-state index in [-0.39, 0.29) is 0 Å². The van der Waals surface area contributed by atoms with Gasteiger partial charge in [0.15, 0.2) is 0 Å². The Balaban J connectivity index is 0.000000366. The number of benzene rings is 2. The molecule has 0 unspecified atom stereocenters. The number of rotatable bonds is 0. The molecule has 17 heavy (non-hydrogen) atoms. The molecule has 0 aliphatic heterocycles. The van der Waals surface area contributed by atoms with Crippen molar-refractivity contribution in [2.24, 2.45) is 0 Å². The first-order valence-corrected chi connectivity index (χ1v) is 6.64. The lowest BCUT2D eigenvalue weighted by Crippen LogP contribution is -1.73. The average Bonchev–Trinajstić information content (AvgIpc) is 2.31. The first-order chi connectivity index (χ1) is 8.19. The smallest absolute Gasteiger partial charge is 0.0181 e. The van der Waals surface area contributed by atoms with Crippen molar-refractivity contribution in [3.05, 3.63) is 48.0 Å². The average molecular weight is 230 g/mol. The zero-order chi connectivity index (χ0) is 13.1. The highest BCUT2D eigenvalue weighted by molar-refractivity contribution is 5.82. The highest BCUT2D eigenvalue weighted by atomic mass is 13.9. The summed E-state index contributed by atoms with van der Waals surface area (Å²) in [5, 5.41) is 2.64. The van der Waals surface area contributed by atoms with Gasteiger partial charge >= 0.3 is 0 Å². The van der Waals surface area contributed by atoms with Gasteiger partial charge in [0, 0.05) is 0 Å². The van der Waals surface area contributed by atoms with Gasteiger partial charge in [-0.3, -0.25) is 0 Å². The molecule has 0 aliphatic rings. The number of fused-ring (bicyclic) bond motifs is 1. The molecule has 0 aliphatic carbocycles. The van der Waals surface area contributed by atoms with Gasteiger partial charge in [-0.25, -0.2) is 0 Å². The molecule has 0 amide bonds. The molecule has 0 aromatic heterocycles. The molecule has 0 saturated carbocycles. The summed E-state index contributed by atoms with van der Waals surface area (Å²) in [6.07, 6.45) is 2.50. The summed E-state index contributed by atoms with van der Waals surface area (Å²) in [4.78, 5) is 0. The predicted octanol–water partition coefficient (Wildman–Crippen LogP) is 5.98.